The molecule has 2 atom stereocenters. The molecule has 0 N–H and O–H groups in total. The molecule has 1 amide bonds. The van der Waals surface area contributed by atoms with Gasteiger partial charge in [0.2, 0.25) is 5.28 Å². The van der Waals surface area contributed by atoms with Gasteiger partial charge in [0.15, 0.2) is 0 Å². The fourth-order valence-corrected chi connectivity index (χ4v) is 4.65. The van der Waals surface area contributed by atoms with E-state index in [-0.39, 0.29) is 23.5 Å². The lowest BCUT2D eigenvalue weighted by atomic mass is 10.1. The Morgan fingerprint density at radius 1 is 1.21 bits per heavy atom. The molecule has 0 radical (unpaired) electrons. The second-order valence-electron chi connectivity index (χ2n) is 8.61. The maximum atomic E-state index is 12.7. The summed E-state index contributed by atoms with van der Waals surface area (Å²) in [5.41, 5.74) is 1.44. The van der Waals surface area contributed by atoms with Crippen LogP contribution in [0.2, 0.25) is 5.28 Å². The van der Waals surface area contributed by atoms with Crippen molar-refractivity contribution in [1.82, 2.24) is 14.9 Å². The normalized spacial score (nSPS) is 22.1. The van der Waals surface area contributed by atoms with Gasteiger partial charge in [-0.05, 0) is 69.8 Å². The third kappa shape index (κ3) is 3.66. The largest absolute Gasteiger partial charge is 0.444 e. The zero-order chi connectivity index (χ0) is 20.2. The number of hydrogen-bond donors (Lipinski definition) is 0. The molecule has 1 aromatic carbocycles. The topological polar surface area (TPSA) is 58.6 Å². The number of rotatable bonds is 1. The number of benzene rings is 1. The number of aromatic nitrogens is 2. The van der Waals surface area contributed by atoms with E-state index in [1.54, 1.807) is 0 Å². The predicted molar refractivity (Wildman–Crippen MR) is 114 cm³/mol. The van der Waals surface area contributed by atoms with Crippen LogP contribution in [0.1, 0.15) is 39.2 Å². The maximum Gasteiger partial charge on any atom is 0.410 e. The molecule has 0 saturated carbocycles. The molecule has 2 unspecified atom stereocenters. The Labute approximate surface area is 178 Å². The van der Waals surface area contributed by atoms with Crippen molar-refractivity contribution >= 4 is 50.3 Å². The van der Waals surface area contributed by atoms with Gasteiger partial charge in [0.05, 0.1) is 17.6 Å². The molecule has 3 heterocycles. The van der Waals surface area contributed by atoms with Gasteiger partial charge < -0.3 is 9.64 Å². The first-order chi connectivity index (χ1) is 13.1. The number of anilines is 1. The van der Waals surface area contributed by atoms with E-state index in [0.29, 0.717) is 13.1 Å². The van der Waals surface area contributed by atoms with E-state index in [4.69, 9.17) is 16.3 Å². The number of carbonyl (C=O) groups is 1. The second kappa shape index (κ2) is 7.02. The standard InChI is InChI=1S/C20H24BrClN4O2/c1-11-7-14-16(8-15(11)21)23-18(22)24-17(14)25-9-12-5-6-13(10-25)26(12)19(27)28-20(2,3)4/h7-8,12-13H,5-6,9-10H2,1-4H3. The van der Waals surface area contributed by atoms with Crippen molar-refractivity contribution in [3.05, 3.63) is 27.5 Å². The predicted octanol–water partition coefficient (Wildman–Crippen LogP) is 4.94. The molecule has 0 spiro atoms. The molecule has 1 aromatic heterocycles. The highest BCUT2D eigenvalue weighted by Gasteiger charge is 2.44. The molecule has 2 aliphatic heterocycles. The van der Waals surface area contributed by atoms with Crippen molar-refractivity contribution in [3.63, 3.8) is 0 Å². The first-order valence-corrected chi connectivity index (χ1v) is 10.7. The summed E-state index contributed by atoms with van der Waals surface area (Å²) in [6, 6.07) is 4.31. The van der Waals surface area contributed by atoms with E-state index in [2.05, 4.69) is 36.9 Å². The minimum Gasteiger partial charge on any atom is -0.444 e. The molecule has 0 aliphatic carbocycles. The number of piperazine rings is 1. The van der Waals surface area contributed by atoms with E-state index in [9.17, 15) is 4.79 Å². The summed E-state index contributed by atoms with van der Waals surface area (Å²) in [5.74, 6) is 0.839. The van der Waals surface area contributed by atoms with Gasteiger partial charge in [-0.2, -0.15) is 4.98 Å². The van der Waals surface area contributed by atoms with E-state index < -0.39 is 5.60 Å². The third-order valence-corrected chi connectivity index (χ3v) is 6.34. The van der Waals surface area contributed by atoms with Crippen molar-refractivity contribution in [1.29, 1.82) is 0 Å². The van der Waals surface area contributed by atoms with Gasteiger partial charge in [-0.3, -0.25) is 4.90 Å². The molecule has 2 aromatic rings. The quantitative estimate of drug-likeness (QED) is 0.556. The van der Waals surface area contributed by atoms with Crippen LogP contribution in [0.5, 0.6) is 0 Å². The molecule has 4 rings (SSSR count). The molecule has 150 valence electrons. The highest BCUT2D eigenvalue weighted by Crippen LogP contribution is 2.36. The van der Waals surface area contributed by atoms with Crippen molar-refractivity contribution < 1.29 is 9.53 Å². The molecular weight excluding hydrogens is 444 g/mol. The van der Waals surface area contributed by atoms with Crippen LogP contribution in [-0.2, 0) is 4.74 Å². The Morgan fingerprint density at radius 2 is 1.86 bits per heavy atom. The number of nitrogens with zero attached hydrogens (tertiary/aromatic N) is 4. The van der Waals surface area contributed by atoms with Crippen molar-refractivity contribution in [3.8, 4) is 0 Å². The summed E-state index contributed by atoms with van der Waals surface area (Å²) in [5, 5.41) is 1.22. The van der Waals surface area contributed by atoms with Crippen LogP contribution in [-0.4, -0.2) is 51.7 Å². The first-order valence-electron chi connectivity index (χ1n) is 9.52. The minimum atomic E-state index is -0.491. The molecule has 8 heteroatoms. The molecule has 6 nitrogen and oxygen atoms in total. The Kier molecular flexibility index (Phi) is 4.94. The fraction of sp³-hybridized carbons (Fsp3) is 0.550. The van der Waals surface area contributed by atoms with E-state index >= 15 is 0 Å². The lowest BCUT2D eigenvalue weighted by Crippen LogP contribution is -2.57. The first kappa shape index (κ1) is 19.7. The van der Waals surface area contributed by atoms with E-state index in [0.717, 1.165) is 39.6 Å². The summed E-state index contributed by atoms with van der Waals surface area (Å²) in [6.45, 7) is 9.18. The smallest absolute Gasteiger partial charge is 0.410 e. The summed E-state index contributed by atoms with van der Waals surface area (Å²) in [6.07, 6.45) is 1.73. The Hall–Kier alpha value is -1.60. The lowest BCUT2D eigenvalue weighted by molar-refractivity contribution is 0.0123. The lowest BCUT2D eigenvalue weighted by Gasteiger charge is -2.42. The van der Waals surface area contributed by atoms with Gasteiger partial charge in [-0.25, -0.2) is 9.78 Å². The van der Waals surface area contributed by atoms with Crippen LogP contribution in [0.15, 0.2) is 16.6 Å². The van der Waals surface area contributed by atoms with Gasteiger partial charge >= 0.3 is 6.09 Å². The molecule has 2 aliphatic rings. The molecule has 2 saturated heterocycles. The van der Waals surface area contributed by atoms with Crippen LogP contribution in [0.25, 0.3) is 10.9 Å². The number of fused-ring (bicyclic) bond motifs is 3. The number of amides is 1. The van der Waals surface area contributed by atoms with Gasteiger partial charge in [0.25, 0.3) is 0 Å². The Balaban J connectivity index is 1.65. The summed E-state index contributed by atoms with van der Waals surface area (Å²) >= 11 is 9.79. The van der Waals surface area contributed by atoms with E-state index in [1.165, 1.54) is 0 Å². The zero-order valence-corrected chi connectivity index (χ0v) is 18.8. The SMILES string of the molecule is Cc1cc2c(N3CC4CCC(C3)N4C(=O)OC(C)(C)C)nc(Cl)nc2cc1Br. The van der Waals surface area contributed by atoms with Crippen molar-refractivity contribution in [2.45, 2.75) is 58.2 Å². The molecule has 2 bridgehead atoms. The monoisotopic (exact) mass is 466 g/mol. The number of carbonyl (C=O) groups excluding carboxylic acids is 1. The summed E-state index contributed by atoms with van der Waals surface area (Å²) < 4.78 is 6.63. The van der Waals surface area contributed by atoms with Gasteiger partial charge in [-0.15, -0.1) is 0 Å². The summed E-state index contributed by atoms with van der Waals surface area (Å²) in [4.78, 5) is 25.8. The summed E-state index contributed by atoms with van der Waals surface area (Å²) in [7, 11) is 0. The van der Waals surface area contributed by atoms with Crippen LogP contribution >= 0.6 is 27.5 Å². The van der Waals surface area contributed by atoms with Gasteiger partial charge in [0, 0.05) is 22.9 Å². The average Bonchev–Trinajstić information content (AvgIpc) is 2.85. The molecular formula is C20H24BrClN4O2. The highest BCUT2D eigenvalue weighted by atomic mass is 79.9. The third-order valence-electron chi connectivity index (χ3n) is 5.31. The van der Waals surface area contributed by atoms with Crippen LogP contribution in [0.4, 0.5) is 10.6 Å². The average molecular weight is 468 g/mol. The van der Waals surface area contributed by atoms with Crippen molar-refractivity contribution in [2.75, 3.05) is 18.0 Å². The van der Waals surface area contributed by atoms with Crippen molar-refractivity contribution in [2.24, 2.45) is 0 Å². The fourth-order valence-electron chi connectivity index (χ4n) is 4.14. The number of hydrogen-bond acceptors (Lipinski definition) is 5. The second-order valence-corrected chi connectivity index (χ2v) is 9.80. The number of ether oxygens (including phenoxy) is 1. The number of aryl methyl sites for hydroxylation is 1. The van der Waals surface area contributed by atoms with Gasteiger partial charge in [0.1, 0.15) is 11.4 Å². The Bertz CT molecular complexity index is 932. The van der Waals surface area contributed by atoms with Gasteiger partial charge in [-0.1, -0.05) is 15.9 Å². The zero-order valence-electron chi connectivity index (χ0n) is 16.5. The Morgan fingerprint density at radius 3 is 2.46 bits per heavy atom. The number of halogens is 2. The maximum absolute atomic E-state index is 12.7. The van der Waals surface area contributed by atoms with E-state index in [1.807, 2.05) is 38.7 Å². The van der Waals surface area contributed by atoms with Crippen LogP contribution in [0.3, 0.4) is 0 Å². The highest BCUT2D eigenvalue weighted by molar-refractivity contribution is 9.10. The molecule has 28 heavy (non-hydrogen) atoms. The van der Waals surface area contributed by atoms with Crippen LogP contribution < -0.4 is 4.90 Å². The van der Waals surface area contributed by atoms with Crippen LogP contribution in [0, 0.1) is 6.92 Å². The molecule has 2 fully saturated rings. The minimum absolute atomic E-state index is 0.119.